The average molecular weight is 292 g/mol. The number of hydrogen-bond acceptors (Lipinski definition) is 2. The van der Waals surface area contributed by atoms with Gasteiger partial charge < -0.3 is 9.47 Å². The first-order valence-electron chi connectivity index (χ1n) is 8.87. The molecule has 21 heavy (non-hydrogen) atoms. The summed E-state index contributed by atoms with van der Waals surface area (Å²) in [6.07, 6.45) is 5.58. The van der Waals surface area contributed by atoms with E-state index in [1.54, 1.807) is 0 Å². The van der Waals surface area contributed by atoms with Crippen molar-refractivity contribution in [2.45, 2.75) is 91.6 Å². The standard InChI is InChI=1S/C19H32O2/c1-12-8-9-17(6)15(2,3)13-10-19(12,17)11-14-18(13,7)21-16(4,5)20-14/h12-14H,8-11H2,1-7H3/t12-,13+,14-,17-,18-,19+/m0/s1. The quantitative estimate of drug-likeness (QED) is 0.640. The number of fused-ring (bicyclic) bond motifs is 3. The van der Waals surface area contributed by atoms with Gasteiger partial charge in [0, 0.05) is 0 Å². The molecular formula is C19H32O2. The Morgan fingerprint density at radius 2 is 1.62 bits per heavy atom. The molecule has 3 saturated carbocycles. The van der Waals surface area contributed by atoms with E-state index in [0.717, 1.165) is 5.92 Å². The normalized spacial score (nSPS) is 59.9. The van der Waals surface area contributed by atoms with Crippen LogP contribution in [0, 0.1) is 28.1 Å². The topological polar surface area (TPSA) is 18.5 Å². The van der Waals surface area contributed by atoms with Crippen LogP contribution in [0.15, 0.2) is 0 Å². The van der Waals surface area contributed by atoms with E-state index in [9.17, 15) is 0 Å². The van der Waals surface area contributed by atoms with E-state index in [1.807, 2.05) is 0 Å². The van der Waals surface area contributed by atoms with Crippen molar-refractivity contribution in [3.05, 3.63) is 0 Å². The molecule has 6 atom stereocenters. The van der Waals surface area contributed by atoms with Gasteiger partial charge in [-0.25, -0.2) is 0 Å². The Hall–Kier alpha value is -0.0800. The van der Waals surface area contributed by atoms with Gasteiger partial charge in [-0.1, -0.05) is 27.7 Å². The zero-order valence-electron chi connectivity index (χ0n) is 14.9. The summed E-state index contributed by atoms with van der Waals surface area (Å²) in [6.45, 7) is 16.6. The lowest BCUT2D eigenvalue weighted by Gasteiger charge is -2.48. The second-order valence-corrected chi connectivity index (χ2v) is 9.90. The third-order valence-corrected chi connectivity index (χ3v) is 8.75. The van der Waals surface area contributed by atoms with Gasteiger partial charge in [0.05, 0.1) is 11.7 Å². The van der Waals surface area contributed by atoms with Crippen LogP contribution in [-0.2, 0) is 9.47 Å². The predicted octanol–water partition coefficient (Wildman–Crippen LogP) is 4.77. The fraction of sp³-hybridized carbons (Fsp3) is 1.00. The Labute approximate surface area is 130 Å². The first-order valence-corrected chi connectivity index (χ1v) is 8.87. The molecule has 0 unspecified atom stereocenters. The first kappa shape index (κ1) is 14.5. The molecule has 120 valence electrons. The molecule has 0 aromatic carbocycles. The fourth-order valence-electron chi connectivity index (χ4n) is 7.35. The molecule has 1 saturated heterocycles. The number of ether oxygens (including phenoxy) is 2. The molecular weight excluding hydrogens is 260 g/mol. The summed E-state index contributed by atoms with van der Waals surface area (Å²) in [5.41, 5.74) is 1.12. The molecule has 2 bridgehead atoms. The van der Waals surface area contributed by atoms with Gasteiger partial charge in [-0.05, 0) is 74.5 Å². The molecule has 0 aromatic rings. The van der Waals surface area contributed by atoms with E-state index in [4.69, 9.17) is 9.47 Å². The molecule has 1 heterocycles. The van der Waals surface area contributed by atoms with E-state index >= 15 is 0 Å². The van der Waals surface area contributed by atoms with Gasteiger partial charge in [-0.15, -0.1) is 0 Å². The summed E-state index contributed by atoms with van der Waals surface area (Å²) in [6, 6.07) is 0. The lowest BCUT2D eigenvalue weighted by atomic mass is 9.57. The summed E-state index contributed by atoms with van der Waals surface area (Å²) >= 11 is 0. The highest BCUT2D eigenvalue weighted by atomic mass is 16.8. The van der Waals surface area contributed by atoms with Crippen LogP contribution in [0.5, 0.6) is 0 Å². The minimum absolute atomic E-state index is 0.106. The van der Waals surface area contributed by atoms with E-state index in [-0.39, 0.29) is 11.7 Å². The Morgan fingerprint density at radius 3 is 2.29 bits per heavy atom. The van der Waals surface area contributed by atoms with E-state index in [1.165, 1.54) is 25.7 Å². The molecule has 3 aliphatic carbocycles. The molecule has 0 amide bonds. The van der Waals surface area contributed by atoms with Gasteiger partial charge in [0.2, 0.25) is 0 Å². The minimum atomic E-state index is -0.422. The van der Waals surface area contributed by atoms with Gasteiger partial charge in [0.1, 0.15) is 0 Å². The Kier molecular flexibility index (Phi) is 2.44. The predicted molar refractivity (Wildman–Crippen MR) is 83.9 cm³/mol. The smallest absolute Gasteiger partial charge is 0.164 e. The van der Waals surface area contributed by atoms with Gasteiger partial charge in [-0.2, -0.15) is 0 Å². The largest absolute Gasteiger partial charge is 0.344 e. The van der Waals surface area contributed by atoms with Crippen LogP contribution in [-0.4, -0.2) is 17.5 Å². The van der Waals surface area contributed by atoms with Crippen LogP contribution in [0.4, 0.5) is 0 Å². The van der Waals surface area contributed by atoms with Gasteiger partial charge in [0.15, 0.2) is 5.79 Å². The lowest BCUT2D eigenvalue weighted by Crippen LogP contribution is -2.52. The summed E-state index contributed by atoms with van der Waals surface area (Å²) in [5.74, 6) is 1.01. The lowest BCUT2D eigenvalue weighted by molar-refractivity contribution is -0.179. The Bertz CT molecular complexity index is 491. The highest BCUT2D eigenvalue weighted by molar-refractivity contribution is 5.25. The Morgan fingerprint density at radius 1 is 0.952 bits per heavy atom. The molecule has 4 rings (SSSR count). The average Bonchev–Trinajstić information content (AvgIpc) is 2.79. The van der Waals surface area contributed by atoms with Gasteiger partial charge >= 0.3 is 0 Å². The SMILES string of the molecule is C[C@H]1CC[C@@]2(C)C(C)(C)[C@H]3C[C@@]12C[C@@H]1OC(C)(C)O[C@]13C. The zero-order chi connectivity index (χ0) is 15.5. The Balaban J connectivity index is 1.87. The van der Waals surface area contributed by atoms with Gasteiger partial charge in [-0.3, -0.25) is 0 Å². The van der Waals surface area contributed by atoms with Crippen LogP contribution in [0.3, 0.4) is 0 Å². The molecule has 1 spiro atoms. The zero-order valence-corrected chi connectivity index (χ0v) is 14.9. The van der Waals surface area contributed by atoms with E-state index in [2.05, 4.69) is 48.5 Å². The van der Waals surface area contributed by atoms with Crippen molar-refractivity contribution in [3.63, 3.8) is 0 Å². The van der Waals surface area contributed by atoms with Crippen LogP contribution in [0.1, 0.15) is 74.1 Å². The molecule has 0 radical (unpaired) electrons. The van der Waals surface area contributed by atoms with E-state index in [0.29, 0.717) is 22.2 Å². The maximum absolute atomic E-state index is 6.53. The van der Waals surface area contributed by atoms with Crippen molar-refractivity contribution in [2.24, 2.45) is 28.1 Å². The second kappa shape index (κ2) is 3.53. The van der Waals surface area contributed by atoms with Crippen molar-refractivity contribution in [3.8, 4) is 0 Å². The summed E-state index contributed by atoms with van der Waals surface area (Å²) < 4.78 is 12.9. The molecule has 2 nitrogen and oxygen atoms in total. The van der Waals surface area contributed by atoms with Crippen molar-refractivity contribution in [1.29, 1.82) is 0 Å². The molecule has 4 aliphatic rings. The van der Waals surface area contributed by atoms with Crippen LogP contribution in [0.2, 0.25) is 0 Å². The molecule has 2 heteroatoms. The molecule has 4 fully saturated rings. The summed E-state index contributed by atoms with van der Waals surface area (Å²) in [7, 11) is 0. The summed E-state index contributed by atoms with van der Waals surface area (Å²) in [4.78, 5) is 0. The van der Waals surface area contributed by atoms with Crippen molar-refractivity contribution < 1.29 is 9.47 Å². The van der Waals surface area contributed by atoms with Crippen LogP contribution in [0.25, 0.3) is 0 Å². The fourth-order valence-corrected chi connectivity index (χ4v) is 7.35. The highest BCUT2D eigenvalue weighted by Crippen LogP contribution is 2.80. The molecule has 1 aliphatic heterocycles. The van der Waals surface area contributed by atoms with Crippen LogP contribution >= 0.6 is 0 Å². The molecule has 0 N–H and O–H groups in total. The monoisotopic (exact) mass is 292 g/mol. The first-order chi connectivity index (χ1) is 9.49. The number of rotatable bonds is 0. The molecule has 0 aromatic heterocycles. The maximum atomic E-state index is 6.53. The highest BCUT2D eigenvalue weighted by Gasteiger charge is 2.78. The van der Waals surface area contributed by atoms with E-state index < -0.39 is 5.79 Å². The van der Waals surface area contributed by atoms with Crippen LogP contribution < -0.4 is 0 Å². The second-order valence-electron chi connectivity index (χ2n) is 9.90. The third-order valence-electron chi connectivity index (χ3n) is 8.75. The minimum Gasteiger partial charge on any atom is -0.344 e. The summed E-state index contributed by atoms with van der Waals surface area (Å²) in [5, 5.41) is 0. The maximum Gasteiger partial charge on any atom is 0.164 e. The van der Waals surface area contributed by atoms with Crippen molar-refractivity contribution in [2.75, 3.05) is 0 Å². The van der Waals surface area contributed by atoms with Crippen molar-refractivity contribution >= 4 is 0 Å². The number of hydrogen-bond donors (Lipinski definition) is 0. The third kappa shape index (κ3) is 1.35. The van der Waals surface area contributed by atoms with Gasteiger partial charge in [0.25, 0.3) is 0 Å². The van der Waals surface area contributed by atoms with Crippen molar-refractivity contribution in [1.82, 2.24) is 0 Å².